The first kappa shape index (κ1) is 86.3. The number of rotatable bonds is 77. The molecule has 0 saturated heterocycles. The number of unbranched alkanes of at least 4 members (excludes halogenated alkanes) is 62. The maximum Gasteiger partial charge on any atom is 0.305 e. The van der Waals surface area contributed by atoms with Crippen molar-refractivity contribution in [2.45, 2.75) is 475 Å². The van der Waals surface area contributed by atoms with E-state index in [1.54, 1.807) is 0 Å². The van der Waals surface area contributed by atoms with E-state index >= 15 is 0 Å². The van der Waals surface area contributed by atoms with Gasteiger partial charge in [-0.05, 0) is 57.8 Å². The third-order valence-electron chi connectivity index (χ3n) is 19.3. The van der Waals surface area contributed by atoms with Crippen molar-refractivity contribution in [3.8, 4) is 0 Å². The van der Waals surface area contributed by atoms with Gasteiger partial charge >= 0.3 is 5.97 Å². The summed E-state index contributed by atoms with van der Waals surface area (Å²) in [6.07, 6.45) is 99.9. The van der Waals surface area contributed by atoms with E-state index in [4.69, 9.17) is 4.74 Å². The first-order chi connectivity index (χ1) is 43.5. The van der Waals surface area contributed by atoms with Crippen molar-refractivity contribution in [2.75, 3.05) is 13.2 Å². The zero-order chi connectivity index (χ0) is 63.5. The molecule has 0 bridgehead atoms. The molecule has 0 fully saturated rings. The minimum atomic E-state index is -0.665. The molecule has 0 aromatic heterocycles. The van der Waals surface area contributed by atoms with Crippen molar-refractivity contribution in [3.63, 3.8) is 0 Å². The Balaban J connectivity index is 3.38. The first-order valence-corrected chi connectivity index (χ1v) is 40.6. The topological polar surface area (TPSA) is 95.9 Å². The van der Waals surface area contributed by atoms with E-state index in [0.29, 0.717) is 25.9 Å². The SMILES string of the molecule is CCCCCCCCCCCCCCCCCCCCCCCCCCC(O)C(CO)NC(=O)CCCCCCCCCCCCCCCCC/C=C\C/C=C\CCCCCCCCCCCOC(=O)CCCCCCCCCCCCCCCCCC. The van der Waals surface area contributed by atoms with Gasteiger partial charge in [-0.25, -0.2) is 0 Å². The molecule has 1 amide bonds. The van der Waals surface area contributed by atoms with Crippen LogP contribution in [0.3, 0.4) is 0 Å². The third kappa shape index (κ3) is 73.4. The molecule has 0 aromatic rings. The lowest BCUT2D eigenvalue weighted by Gasteiger charge is -2.22. The highest BCUT2D eigenvalue weighted by Crippen LogP contribution is 2.20. The average Bonchev–Trinajstić information content (AvgIpc) is 3.58. The predicted octanol–water partition coefficient (Wildman–Crippen LogP) is 26.8. The van der Waals surface area contributed by atoms with E-state index in [1.165, 1.54) is 385 Å². The highest BCUT2D eigenvalue weighted by Gasteiger charge is 2.20. The molecule has 0 spiro atoms. The van der Waals surface area contributed by atoms with Crippen LogP contribution in [0.15, 0.2) is 24.3 Å². The highest BCUT2D eigenvalue weighted by molar-refractivity contribution is 5.76. The fraction of sp³-hybridized carbons (Fsp3) is 0.927. The van der Waals surface area contributed by atoms with E-state index in [0.717, 1.165) is 44.9 Å². The molecule has 522 valence electrons. The van der Waals surface area contributed by atoms with Crippen LogP contribution < -0.4 is 5.32 Å². The van der Waals surface area contributed by atoms with Crippen LogP contribution in [-0.4, -0.2) is 47.4 Å². The third-order valence-corrected chi connectivity index (χ3v) is 19.3. The van der Waals surface area contributed by atoms with Crippen molar-refractivity contribution in [1.82, 2.24) is 5.32 Å². The summed E-state index contributed by atoms with van der Waals surface area (Å²) < 4.78 is 5.50. The second-order valence-corrected chi connectivity index (χ2v) is 28.1. The minimum Gasteiger partial charge on any atom is -0.466 e. The second-order valence-electron chi connectivity index (χ2n) is 28.1. The largest absolute Gasteiger partial charge is 0.466 e. The molecular weight excluding hydrogens is 1080 g/mol. The van der Waals surface area contributed by atoms with Gasteiger partial charge in [0.2, 0.25) is 5.91 Å². The minimum absolute atomic E-state index is 0.0178. The fourth-order valence-electron chi connectivity index (χ4n) is 13.1. The van der Waals surface area contributed by atoms with E-state index in [1.807, 2.05) is 0 Å². The predicted molar refractivity (Wildman–Crippen MR) is 389 cm³/mol. The summed E-state index contributed by atoms with van der Waals surface area (Å²) in [6.45, 7) is 5.01. The molecule has 0 heterocycles. The molecule has 0 aromatic carbocycles. The van der Waals surface area contributed by atoms with Gasteiger partial charge in [0.1, 0.15) is 0 Å². The van der Waals surface area contributed by atoms with Crippen molar-refractivity contribution < 1.29 is 24.5 Å². The number of amides is 1. The Hall–Kier alpha value is -1.66. The van der Waals surface area contributed by atoms with Crippen molar-refractivity contribution in [2.24, 2.45) is 0 Å². The first-order valence-electron chi connectivity index (χ1n) is 40.6. The number of hydrogen-bond donors (Lipinski definition) is 3. The molecule has 0 aliphatic carbocycles. The van der Waals surface area contributed by atoms with E-state index in [9.17, 15) is 19.8 Å². The Bertz CT molecular complexity index is 1380. The van der Waals surface area contributed by atoms with Crippen LogP contribution in [0.25, 0.3) is 0 Å². The number of ether oxygens (including phenoxy) is 1. The van der Waals surface area contributed by atoms with Crippen molar-refractivity contribution in [1.29, 1.82) is 0 Å². The number of allylic oxidation sites excluding steroid dienone is 4. The molecule has 0 rings (SSSR count). The second kappa shape index (κ2) is 77.8. The van der Waals surface area contributed by atoms with Crippen LogP contribution in [0.2, 0.25) is 0 Å². The molecule has 6 nitrogen and oxygen atoms in total. The summed E-state index contributed by atoms with van der Waals surface area (Å²) in [7, 11) is 0. The summed E-state index contributed by atoms with van der Waals surface area (Å²) in [5.74, 6) is -0.0107. The zero-order valence-electron chi connectivity index (χ0n) is 60.0. The van der Waals surface area contributed by atoms with Gasteiger partial charge in [-0.15, -0.1) is 0 Å². The van der Waals surface area contributed by atoms with E-state index < -0.39 is 12.1 Å². The summed E-state index contributed by atoms with van der Waals surface area (Å²) in [6, 6.07) is -0.543. The molecule has 0 aliphatic rings. The van der Waals surface area contributed by atoms with Gasteiger partial charge in [-0.3, -0.25) is 9.59 Å². The monoisotopic (exact) mass is 1240 g/mol. The number of nitrogens with one attached hydrogen (secondary N) is 1. The van der Waals surface area contributed by atoms with Crippen LogP contribution in [0, 0.1) is 0 Å². The molecule has 2 atom stereocenters. The van der Waals surface area contributed by atoms with Gasteiger partial charge in [-0.1, -0.05) is 417 Å². The number of carbonyl (C=O) groups is 2. The molecule has 6 heteroatoms. The van der Waals surface area contributed by atoms with Gasteiger partial charge < -0.3 is 20.3 Å². The van der Waals surface area contributed by atoms with Gasteiger partial charge in [0.05, 0.1) is 25.4 Å². The summed E-state index contributed by atoms with van der Waals surface area (Å²) in [5.41, 5.74) is 0. The Labute approximate surface area is 551 Å². The molecule has 0 saturated carbocycles. The Morgan fingerprint density at radius 2 is 0.568 bits per heavy atom. The lowest BCUT2D eigenvalue weighted by atomic mass is 10.0. The highest BCUT2D eigenvalue weighted by atomic mass is 16.5. The summed E-state index contributed by atoms with van der Waals surface area (Å²) in [5, 5.41) is 23.5. The molecular formula is C82H159NO5. The fourth-order valence-corrected chi connectivity index (χ4v) is 13.1. The van der Waals surface area contributed by atoms with Crippen molar-refractivity contribution >= 4 is 11.9 Å². The Kier molecular flexibility index (Phi) is 76.3. The number of aliphatic hydroxyl groups excluding tert-OH is 2. The van der Waals surface area contributed by atoms with E-state index in [-0.39, 0.29) is 18.5 Å². The van der Waals surface area contributed by atoms with Crippen LogP contribution in [0.5, 0.6) is 0 Å². The van der Waals surface area contributed by atoms with Gasteiger partial charge in [-0.2, -0.15) is 0 Å². The Morgan fingerprint density at radius 1 is 0.318 bits per heavy atom. The van der Waals surface area contributed by atoms with Crippen LogP contribution in [-0.2, 0) is 14.3 Å². The van der Waals surface area contributed by atoms with Gasteiger partial charge in [0.25, 0.3) is 0 Å². The quantitative estimate of drug-likeness (QED) is 0.0320. The Morgan fingerprint density at radius 3 is 0.864 bits per heavy atom. The molecule has 0 aliphatic heterocycles. The van der Waals surface area contributed by atoms with E-state index in [2.05, 4.69) is 43.5 Å². The van der Waals surface area contributed by atoms with Crippen LogP contribution in [0.1, 0.15) is 463 Å². The number of carbonyl (C=O) groups excluding carboxylic acids is 2. The van der Waals surface area contributed by atoms with Crippen LogP contribution in [0.4, 0.5) is 0 Å². The standard InChI is InChI=1S/C82H159NO5/c1-3-5-7-9-11-13-15-17-19-21-22-23-24-34-37-40-43-46-50-54-58-62-66-70-74-80(85)79(78-84)83-81(86)75-71-67-63-59-55-51-47-44-41-38-35-32-30-28-26-25-27-29-31-33-36-39-42-45-49-53-57-61-65-69-73-77-88-82(87)76-72-68-64-60-56-52-48-20-18-16-14-12-10-8-6-4-2/h27,29,33,36,79-80,84-85H,3-26,28,30-32,34-35,37-78H2,1-2H3,(H,83,86)/b29-27-,36-33-. The molecule has 88 heavy (non-hydrogen) atoms. The molecule has 3 N–H and O–H groups in total. The summed E-state index contributed by atoms with van der Waals surface area (Å²) >= 11 is 0. The maximum atomic E-state index is 12.6. The average molecular weight is 1240 g/mol. The van der Waals surface area contributed by atoms with Gasteiger partial charge in [0.15, 0.2) is 0 Å². The lowest BCUT2D eigenvalue weighted by Crippen LogP contribution is -2.45. The molecule has 2 unspecified atom stereocenters. The van der Waals surface area contributed by atoms with Gasteiger partial charge in [0, 0.05) is 12.8 Å². The number of esters is 1. The van der Waals surface area contributed by atoms with Crippen molar-refractivity contribution in [3.05, 3.63) is 24.3 Å². The normalized spacial score (nSPS) is 12.5. The number of aliphatic hydroxyl groups is 2. The maximum absolute atomic E-state index is 12.6. The number of hydrogen-bond acceptors (Lipinski definition) is 5. The summed E-state index contributed by atoms with van der Waals surface area (Å²) in [4.78, 5) is 24.7. The molecule has 0 radical (unpaired) electrons. The smallest absolute Gasteiger partial charge is 0.305 e. The van der Waals surface area contributed by atoms with Crippen LogP contribution >= 0.6 is 0 Å². The zero-order valence-corrected chi connectivity index (χ0v) is 60.0. The lowest BCUT2D eigenvalue weighted by molar-refractivity contribution is -0.143.